The molecule has 0 saturated carbocycles. The van der Waals surface area contributed by atoms with Gasteiger partial charge in [-0.3, -0.25) is 29.6 Å². The monoisotopic (exact) mass is 512 g/mol. The fourth-order valence-electron chi connectivity index (χ4n) is 3.66. The van der Waals surface area contributed by atoms with Crippen LogP contribution >= 0.6 is 23.2 Å². The molecule has 1 aliphatic heterocycles. The van der Waals surface area contributed by atoms with Crippen molar-refractivity contribution >= 4 is 52.5 Å². The summed E-state index contributed by atoms with van der Waals surface area (Å²) in [4.78, 5) is 57.6. The van der Waals surface area contributed by atoms with Crippen LogP contribution in [0.4, 0.5) is 5.69 Å². The van der Waals surface area contributed by atoms with E-state index in [1.165, 1.54) is 55.9 Å². The fourth-order valence-corrected chi connectivity index (χ4v) is 4.17. The van der Waals surface area contributed by atoms with Gasteiger partial charge in [-0.2, -0.15) is 0 Å². The Labute approximate surface area is 210 Å². The molecule has 1 aromatic heterocycles. The lowest BCUT2D eigenvalue weighted by molar-refractivity contribution is -0.122. The van der Waals surface area contributed by atoms with Crippen LogP contribution in [0.1, 0.15) is 27.1 Å². The van der Waals surface area contributed by atoms with Gasteiger partial charge in [-0.05, 0) is 42.5 Å². The highest BCUT2D eigenvalue weighted by molar-refractivity contribution is 6.35. The molecule has 4 amide bonds. The highest BCUT2D eigenvalue weighted by atomic mass is 35.5. The largest absolute Gasteiger partial charge is 0.496 e. The van der Waals surface area contributed by atoms with Crippen molar-refractivity contribution in [3.05, 3.63) is 88.2 Å². The first-order chi connectivity index (χ1) is 16.8. The van der Waals surface area contributed by atoms with Crippen molar-refractivity contribution < 1.29 is 23.9 Å². The zero-order valence-electron chi connectivity index (χ0n) is 18.3. The van der Waals surface area contributed by atoms with Crippen molar-refractivity contribution in [2.45, 2.75) is 12.5 Å². The average molecular weight is 513 g/mol. The van der Waals surface area contributed by atoms with E-state index in [-0.39, 0.29) is 39.0 Å². The minimum atomic E-state index is -1.33. The van der Waals surface area contributed by atoms with Gasteiger partial charge in [0.1, 0.15) is 11.8 Å². The van der Waals surface area contributed by atoms with Gasteiger partial charge in [0, 0.05) is 28.0 Å². The molecule has 1 unspecified atom stereocenters. The van der Waals surface area contributed by atoms with E-state index in [1.54, 1.807) is 18.2 Å². The molecule has 0 spiro atoms. The van der Waals surface area contributed by atoms with E-state index < -0.39 is 29.7 Å². The lowest BCUT2D eigenvalue weighted by atomic mass is 10.1. The number of halogens is 2. The Balaban J connectivity index is 1.73. The van der Waals surface area contributed by atoms with Crippen LogP contribution in [0, 0.1) is 0 Å². The van der Waals surface area contributed by atoms with E-state index in [4.69, 9.17) is 27.9 Å². The van der Waals surface area contributed by atoms with Gasteiger partial charge in [0.15, 0.2) is 0 Å². The molecule has 0 bridgehead atoms. The predicted octanol–water partition coefficient (Wildman–Crippen LogP) is 3.52. The molecule has 4 rings (SSSR count). The summed E-state index contributed by atoms with van der Waals surface area (Å²) in [5, 5.41) is 1.31. The molecular formula is C24H18Cl2N4O5. The second-order valence-electron chi connectivity index (χ2n) is 7.47. The summed E-state index contributed by atoms with van der Waals surface area (Å²) in [5.74, 6) is -2.49. The number of nitrogens with one attached hydrogen (secondary N) is 1. The molecule has 1 N–H and O–H groups in total. The third-order valence-corrected chi connectivity index (χ3v) is 5.70. The molecule has 2 aromatic carbocycles. The number of imide groups is 1. The Kier molecular flexibility index (Phi) is 6.99. The summed E-state index contributed by atoms with van der Waals surface area (Å²) in [6.07, 6.45) is 2.45. The number of ether oxygens (including phenoxy) is 1. The summed E-state index contributed by atoms with van der Waals surface area (Å²) in [6, 6.07) is 12.2. The summed E-state index contributed by atoms with van der Waals surface area (Å²) >= 11 is 12.1. The van der Waals surface area contributed by atoms with Crippen molar-refractivity contribution in [1.29, 1.82) is 0 Å². The van der Waals surface area contributed by atoms with Crippen molar-refractivity contribution in [2.24, 2.45) is 0 Å². The fraction of sp³-hybridized carbons (Fsp3) is 0.125. The van der Waals surface area contributed by atoms with E-state index in [1.807, 2.05) is 0 Å². The maximum Gasteiger partial charge on any atom is 0.276 e. The van der Waals surface area contributed by atoms with Crippen LogP contribution in [0.3, 0.4) is 0 Å². The number of carbonyl (C=O) groups excluding carboxylic acids is 4. The normalized spacial score (nSPS) is 15.2. The van der Waals surface area contributed by atoms with Gasteiger partial charge in [0.05, 0.1) is 24.8 Å². The van der Waals surface area contributed by atoms with Gasteiger partial charge >= 0.3 is 0 Å². The lowest BCUT2D eigenvalue weighted by Gasteiger charge is -2.28. The van der Waals surface area contributed by atoms with E-state index in [0.29, 0.717) is 0 Å². The number of benzene rings is 2. The van der Waals surface area contributed by atoms with E-state index >= 15 is 0 Å². The number of hydrogen-bond donors (Lipinski definition) is 1. The molecule has 1 fully saturated rings. The number of amides is 4. The Bertz CT molecular complexity index is 1300. The third kappa shape index (κ3) is 4.96. The lowest BCUT2D eigenvalue weighted by Crippen LogP contribution is -2.54. The van der Waals surface area contributed by atoms with Crippen LogP contribution < -0.4 is 15.1 Å². The molecule has 1 saturated heterocycles. The minimum absolute atomic E-state index is 0.0922. The molecule has 35 heavy (non-hydrogen) atoms. The number of carbonyl (C=O) groups is 4. The predicted molar refractivity (Wildman–Crippen MR) is 128 cm³/mol. The molecule has 1 atom stereocenters. The second-order valence-corrected chi connectivity index (χ2v) is 8.34. The van der Waals surface area contributed by atoms with Crippen molar-refractivity contribution in [1.82, 2.24) is 15.4 Å². The zero-order valence-corrected chi connectivity index (χ0v) is 19.8. The van der Waals surface area contributed by atoms with Crippen molar-refractivity contribution in [3.63, 3.8) is 0 Å². The molecule has 11 heteroatoms. The average Bonchev–Trinajstić information content (AvgIpc) is 3.15. The van der Waals surface area contributed by atoms with Gasteiger partial charge in [-0.25, -0.2) is 9.91 Å². The van der Waals surface area contributed by atoms with Crippen LogP contribution in [0.15, 0.2) is 67.0 Å². The molecule has 0 radical (unpaired) electrons. The third-order valence-electron chi connectivity index (χ3n) is 5.26. The number of anilines is 1. The number of para-hydroxylation sites is 1. The Hall–Kier alpha value is -3.95. The van der Waals surface area contributed by atoms with Crippen LogP contribution in [-0.4, -0.2) is 46.8 Å². The zero-order chi connectivity index (χ0) is 25.1. The number of hydrogen-bond acceptors (Lipinski definition) is 6. The highest BCUT2D eigenvalue weighted by Gasteiger charge is 2.46. The first-order valence-electron chi connectivity index (χ1n) is 10.3. The minimum Gasteiger partial charge on any atom is -0.496 e. The standard InChI is InChI=1S/C24H18Cl2N4O5/c1-35-20-5-3-2-4-18(20)23(33)30(28-22(32)14-6-8-27-9-7-14)19-13-21(31)29(24(19)34)17-11-15(25)10-16(26)12-17/h2-12,19H,13H2,1H3,(H,28,32). The Morgan fingerprint density at radius 3 is 2.37 bits per heavy atom. The molecule has 3 aromatic rings. The van der Waals surface area contributed by atoms with E-state index in [9.17, 15) is 19.2 Å². The number of rotatable bonds is 5. The van der Waals surface area contributed by atoms with Crippen LogP contribution in [0.2, 0.25) is 10.0 Å². The number of methoxy groups -OCH3 is 1. The first-order valence-corrected chi connectivity index (χ1v) is 11.1. The van der Waals surface area contributed by atoms with Crippen molar-refractivity contribution in [2.75, 3.05) is 12.0 Å². The van der Waals surface area contributed by atoms with Gasteiger partial charge in [0.25, 0.3) is 17.7 Å². The highest BCUT2D eigenvalue weighted by Crippen LogP contribution is 2.31. The quantitative estimate of drug-likeness (QED) is 0.413. The summed E-state index contributed by atoms with van der Waals surface area (Å²) in [6.45, 7) is 0. The summed E-state index contributed by atoms with van der Waals surface area (Å²) in [7, 11) is 1.39. The van der Waals surface area contributed by atoms with Gasteiger partial charge in [-0.15, -0.1) is 0 Å². The molecule has 178 valence electrons. The molecular weight excluding hydrogens is 495 g/mol. The Morgan fingerprint density at radius 2 is 1.71 bits per heavy atom. The topological polar surface area (TPSA) is 109 Å². The van der Waals surface area contributed by atoms with Crippen LogP contribution in [0.5, 0.6) is 5.75 Å². The number of hydrazine groups is 1. The SMILES string of the molecule is COc1ccccc1C(=O)N(NC(=O)c1ccncc1)C1CC(=O)N(c2cc(Cl)cc(Cl)c2)C1=O. The number of nitrogens with zero attached hydrogens (tertiary/aromatic N) is 3. The van der Waals surface area contributed by atoms with Gasteiger partial charge in [-0.1, -0.05) is 35.3 Å². The first kappa shape index (κ1) is 24.2. The molecule has 2 heterocycles. The van der Waals surface area contributed by atoms with Gasteiger partial charge in [0.2, 0.25) is 5.91 Å². The second kappa shape index (κ2) is 10.1. The van der Waals surface area contributed by atoms with Crippen LogP contribution in [-0.2, 0) is 9.59 Å². The number of aromatic nitrogens is 1. The molecule has 1 aliphatic rings. The van der Waals surface area contributed by atoms with Crippen molar-refractivity contribution in [3.8, 4) is 5.75 Å². The van der Waals surface area contributed by atoms with E-state index in [2.05, 4.69) is 10.4 Å². The van der Waals surface area contributed by atoms with Gasteiger partial charge < -0.3 is 4.74 Å². The molecule has 0 aliphatic carbocycles. The summed E-state index contributed by atoms with van der Waals surface area (Å²) in [5.41, 5.74) is 2.93. The molecule has 9 nitrogen and oxygen atoms in total. The summed E-state index contributed by atoms with van der Waals surface area (Å²) < 4.78 is 5.27. The number of pyridine rings is 1. The maximum atomic E-state index is 13.6. The Morgan fingerprint density at radius 1 is 1.06 bits per heavy atom. The maximum absolute atomic E-state index is 13.6. The van der Waals surface area contributed by atoms with Crippen LogP contribution in [0.25, 0.3) is 0 Å². The van der Waals surface area contributed by atoms with E-state index in [0.717, 1.165) is 9.91 Å². The smallest absolute Gasteiger partial charge is 0.276 e.